The normalized spacial score (nSPS) is 36.7. The molecule has 0 saturated heterocycles. The van der Waals surface area contributed by atoms with Crippen LogP contribution in [0, 0.1) is 17.8 Å². The van der Waals surface area contributed by atoms with Crippen molar-refractivity contribution < 1.29 is 4.79 Å². The molecule has 1 amide bonds. The van der Waals surface area contributed by atoms with Gasteiger partial charge in [-0.05, 0) is 80.8 Å². The summed E-state index contributed by atoms with van der Waals surface area (Å²) in [5, 5.41) is 3.76. The number of benzene rings is 1. The van der Waals surface area contributed by atoms with E-state index in [1.807, 2.05) is 4.90 Å². The molecule has 0 radical (unpaired) electrons. The molecule has 128 valence electrons. The smallest absolute Gasteiger partial charge is 0.240 e. The minimum Gasteiger partial charge on any atom is -0.311 e. The lowest BCUT2D eigenvalue weighted by atomic mass is 9.53. The summed E-state index contributed by atoms with van der Waals surface area (Å²) in [6.45, 7) is 1.39. The van der Waals surface area contributed by atoms with Gasteiger partial charge in [0.25, 0.3) is 0 Å². The summed E-state index contributed by atoms with van der Waals surface area (Å²) in [6, 6.07) is 8.41. The SMILES string of the molecule is O=C(CNC12CC3CC(CC(C3)C1)C2)N1CCCc2ccccc21. The molecule has 0 atom stereocenters. The number of nitrogens with zero attached hydrogens (tertiary/aromatic N) is 1. The lowest BCUT2D eigenvalue weighted by Gasteiger charge is -2.57. The molecule has 1 aliphatic heterocycles. The molecule has 0 spiro atoms. The van der Waals surface area contributed by atoms with Crippen LogP contribution in [0.25, 0.3) is 0 Å². The number of fused-ring (bicyclic) bond motifs is 1. The number of hydrogen-bond acceptors (Lipinski definition) is 2. The minimum absolute atomic E-state index is 0.262. The number of hydrogen-bond donors (Lipinski definition) is 1. The van der Waals surface area contributed by atoms with Crippen molar-refractivity contribution in [3.8, 4) is 0 Å². The predicted molar refractivity (Wildman–Crippen MR) is 96.0 cm³/mol. The first-order valence-corrected chi connectivity index (χ1v) is 9.84. The predicted octanol–water partition coefficient (Wildman–Crippen LogP) is 3.52. The topological polar surface area (TPSA) is 32.3 Å². The molecule has 0 aromatic heterocycles. The Kier molecular flexibility index (Phi) is 3.48. The zero-order chi connectivity index (χ0) is 16.1. The molecule has 4 fully saturated rings. The zero-order valence-corrected chi connectivity index (χ0v) is 14.5. The molecule has 4 aliphatic carbocycles. The number of aryl methyl sites for hydroxylation is 1. The standard InChI is InChI=1S/C21H28N2O/c24-20(23-7-3-5-18-4-1-2-6-19(18)23)14-22-21-11-15-8-16(12-21)10-17(9-15)13-21/h1-2,4,6,15-17,22H,3,5,7-14H2. The maximum Gasteiger partial charge on any atom is 0.240 e. The summed E-state index contributed by atoms with van der Waals surface area (Å²) >= 11 is 0. The Morgan fingerprint density at radius 1 is 1.08 bits per heavy atom. The van der Waals surface area contributed by atoms with E-state index in [2.05, 4.69) is 29.6 Å². The van der Waals surface area contributed by atoms with Gasteiger partial charge < -0.3 is 10.2 Å². The Morgan fingerprint density at radius 2 is 1.75 bits per heavy atom. The highest BCUT2D eigenvalue weighted by Gasteiger charge is 2.50. The third-order valence-electron chi connectivity index (χ3n) is 7.06. The Morgan fingerprint density at radius 3 is 2.46 bits per heavy atom. The van der Waals surface area contributed by atoms with Crippen LogP contribution in [0.5, 0.6) is 0 Å². The second-order valence-electron chi connectivity index (χ2n) is 8.83. The van der Waals surface area contributed by atoms with Gasteiger partial charge in [0.15, 0.2) is 0 Å². The number of nitrogens with one attached hydrogen (secondary N) is 1. The monoisotopic (exact) mass is 324 g/mol. The Labute approximate surface area is 144 Å². The van der Waals surface area contributed by atoms with Crippen molar-refractivity contribution in [3.05, 3.63) is 29.8 Å². The zero-order valence-electron chi connectivity index (χ0n) is 14.5. The first kappa shape index (κ1) is 14.9. The van der Waals surface area contributed by atoms with Crippen molar-refractivity contribution in [1.82, 2.24) is 5.32 Å². The fourth-order valence-corrected chi connectivity index (χ4v) is 6.48. The molecule has 0 unspecified atom stereocenters. The average Bonchev–Trinajstić information content (AvgIpc) is 2.58. The van der Waals surface area contributed by atoms with Gasteiger partial charge in [-0.2, -0.15) is 0 Å². The van der Waals surface area contributed by atoms with E-state index in [4.69, 9.17) is 0 Å². The summed E-state index contributed by atoms with van der Waals surface area (Å²) < 4.78 is 0. The van der Waals surface area contributed by atoms with Gasteiger partial charge in [0.1, 0.15) is 0 Å². The maximum atomic E-state index is 12.9. The van der Waals surface area contributed by atoms with Crippen LogP contribution < -0.4 is 10.2 Å². The molecular formula is C21H28N2O. The van der Waals surface area contributed by atoms with Crippen molar-refractivity contribution in [2.45, 2.75) is 56.9 Å². The fraction of sp³-hybridized carbons (Fsp3) is 0.667. The molecule has 1 heterocycles. The van der Waals surface area contributed by atoms with E-state index in [9.17, 15) is 4.79 Å². The van der Waals surface area contributed by atoms with E-state index in [0.717, 1.165) is 42.8 Å². The van der Waals surface area contributed by atoms with Crippen molar-refractivity contribution in [1.29, 1.82) is 0 Å². The summed E-state index contributed by atoms with van der Waals surface area (Å²) in [5.74, 6) is 3.04. The third kappa shape index (κ3) is 2.48. The summed E-state index contributed by atoms with van der Waals surface area (Å²) in [7, 11) is 0. The summed E-state index contributed by atoms with van der Waals surface area (Å²) in [4.78, 5) is 14.9. The van der Waals surface area contributed by atoms with Gasteiger partial charge in [0.2, 0.25) is 5.91 Å². The molecule has 1 N–H and O–H groups in total. The highest BCUT2D eigenvalue weighted by molar-refractivity contribution is 5.96. The number of anilines is 1. The molecule has 3 nitrogen and oxygen atoms in total. The largest absolute Gasteiger partial charge is 0.311 e. The van der Waals surface area contributed by atoms with Crippen LogP contribution in [0.2, 0.25) is 0 Å². The summed E-state index contributed by atoms with van der Waals surface area (Å²) in [6.07, 6.45) is 10.5. The average molecular weight is 324 g/mol. The van der Waals surface area contributed by atoms with Gasteiger partial charge in [-0.15, -0.1) is 0 Å². The van der Waals surface area contributed by atoms with Crippen molar-refractivity contribution in [3.63, 3.8) is 0 Å². The lowest BCUT2D eigenvalue weighted by molar-refractivity contribution is -0.119. The number of rotatable bonds is 3. The highest BCUT2D eigenvalue weighted by atomic mass is 16.2. The number of amides is 1. The van der Waals surface area contributed by atoms with Crippen LogP contribution in [0.4, 0.5) is 5.69 Å². The Hall–Kier alpha value is -1.35. The second kappa shape index (κ2) is 5.59. The van der Waals surface area contributed by atoms with Gasteiger partial charge in [0.05, 0.1) is 6.54 Å². The molecular weight excluding hydrogens is 296 g/mol. The molecule has 4 bridgehead atoms. The van der Waals surface area contributed by atoms with E-state index in [1.165, 1.54) is 44.1 Å². The molecule has 1 aromatic carbocycles. The molecule has 24 heavy (non-hydrogen) atoms. The molecule has 4 saturated carbocycles. The highest BCUT2D eigenvalue weighted by Crippen LogP contribution is 2.55. The van der Waals surface area contributed by atoms with Gasteiger partial charge in [-0.1, -0.05) is 18.2 Å². The third-order valence-corrected chi connectivity index (χ3v) is 7.06. The first-order valence-electron chi connectivity index (χ1n) is 9.84. The van der Waals surface area contributed by atoms with Gasteiger partial charge in [-0.25, -0.2) is 0 Å². The van der Waals surface area contributed by atoms with Gasteiger partial charge in [-0.3, -0.25) is 4.79 Å². The molecule has 1 aromatic rings. The van der Waals surface area contributed by atoms with Crippen molar-refractivity contribution in [2.75, 3.05) is 18.0 Å². The maximum absolute atomic E-state index is 12.9. The van der Waals surface area contributed by atoms with Crippen molar-refractivity contribution >= 4 is 11.6 Å². The van der Waals surface area contributed by atoms with Crippen LogP contribution >= 0.6 is 0 Å². The van der Waals surface area contributed by atoms with E-state index in [0.29, 0.717) is 6.54 Å². The van der Waals surface area contributed by atoms with E-state index >= 15 is 0 Å². The Balaban J connectivity index is 1.29. The molecule has 6 rings (SSSR count). The number of carbonyl (C=O) groups is 1. The summed E-state index contributed by atoms with van der Waals surface area (Å²) in [5.41, 5.74) is 2.74. The van der Waals surface area contributed by atoms with Crippen LogP contribution in [0.15, 0.2) is 24.3 Å². The number of para-hydroxylation sites is 1. The second-order valence-corrected chi connectivity index (χ2v) is 8.83. The van der Waals surface area contributed by atoms with Crippen LogP contribution in [-0.4, -0.2) is 24.5 Å². The van der Waals surface area contributed by atoms with E-state index < -0.39 is 0 Å². The van der Waals surface area contributed by atoms with Crippen LogP contribution in [0.3, 0.4) is 0 Å². The number of carbonyl (C=O) groups excluding carboxylic acids is 1. The fourth-order valence-electron chi connectivity index (χ4n) is 6.48. The van der Waals surface area contributed by atoms with Gasteiger partial charge >= 0.3 is 0 Å². The Bertz CT molecular complexity index is 618. The van der Waals surface area contributed by atoms with Crippen molar-refractivity contribution in [2.24, 2.45) is 17.8 Å². The van der Waals surface area contributed by atoms with Crippen LogP contribution in [0.1, 0.15) is 50.5 Å². The van der Waals surface area contributed by atoms with E-state index in [-0.39, 0.29) is 11.4 Å². The molecule has 5 aliphatic rings. The van der Waals surface area contributed by atoms with E-state index in [1.54, 1.807) is 0 Å². The lowest BCUT2D eigenvalue weighted by Crippen LogP contribution is -2.60. The first-order chi connectivity index (χ1) is 11.7. The van der Waals surface area contributed by atoms with Crippen LogP contribution in [-0.2, 0) is 11.2 Å². The molecule has 3 heteroatoms. The minimum atomic E-state index is 0.262. The quantitative estimate of drug-likeness (QED) is 0.922. The van der Waals surface area contributed by atoms with Gasteiger partial charge in [0, 0.05) is 17.8 Å².